The molecule has 3 heterocycles. The maximum atomic E-state index is 5.21. The normalized spacial score (nSPS) is 10.7. The average molecular weight is 275 g/mol. The third kappa shape index (κ3) is 2.60. The molecule has 0 aliphatic rings. The van der Waals surface area contributed by atoms with Crippen LogP contribution in [-0.2, 0) is 5.75 Å². The van der Waals surface area contributed by atoms with Crippen molar-refractivity contribution in [3.05, 3.63) is 47.8 Å². The second-order valence-electron chi connectivity index (χ2n) is 3.45. The fourth-order valence-electron chi connectivity index (χ4n) is 1.39. The first kappa shape index (κ1) is 11.4. The van der Waals surface area contributed by atoms with E-state index in [4.69, 9.17) is 4.52 Å². The summed E-state index contributed by atoms with van der Waals surface area (Å²) in [7, 11) is 0. The summed E-state index contributed by atoms with van der Waals surface area (Å²) >= 11 is 3.18. The van der Waals surface area contributed by atoms with Crippen LogP contribution in [0.4, 0.5) is 0 Å². The zero-order valence-corrected chi connectivity index (χ0v) is 10.9. The first-order valence-electron chi connectivity index (χ1n) is 5.32. The van der Waals surface area contributed by atoms with Crippen LogP contribution in [0.1, 0.15) is 5.89 Å². The summed E-state index contributed by atoms with van der Waals surface area (Å²) in [6.45, 7) is 0. The molecule has 0 bridgehead atoms. The minimum absolute atomic E-state index is 0.619. The highest BCUT2D eigenvalue weighted by molar-refractivity contribution is 7.98. The van der Waals surface area contributed by atoms with Crippen molar-refractivity contribution in [2.75, 3.05) is 0 Å². The lowest BCUT2D eigenvalue weighted by Crippen LogP contribution is -1.82. The van der Waals surface area contributed by atoms with Gasteiger partial charge in [0.2, 0.25) is 11.7 Å². The number of hydrogen-bond acceptors (Lipinski definition) is 6. The lowest BCUT2D eigenvalue weighted by Gasteiger charge is -1.94. The van der Waals surface area contributed by atoms with E-state index >= 15 is 0 Å². The van der Waals surface area contributed by atoms with Crippen molar-refractivity contribution in [1.29, 1.82) is 0 Å². The summed E-state index contributed by atoms with van der Waals surface area (Å²) < 4.78 is 5.21. The van der Waals surface area contributed by atoms with Crippen LogP contribution in [0.5, 0.6) is 0 Å². The van der Waals surface area contributed by atoms with Gasteiger partial charge in [-0.05, 0) is 23.6 Å². The molecule has 0 radical (unpaired) electrons. The predicted molar refractivity (Wildman–Crippen MR) is 71.4 cm³/mol. The average Bonchev–Trinajstić information content (AvgIpc) is 3.08. The number of thioether (sulfide) groups is 1. The van der Waals surface area contributed by atoms with Gasteiger partial charge in [-0.25, -0.2) is 4.98 Å². The topological polar surface area (TPSA) is 51.8 Å². The van der Waals surface area contributed by atoms with Gasteiger partial charge in [-0.15, -0.1) is 11.3 Å². The van der Waals surface area contributed by atoms with E-state index in [0.29, 0.717) is 17.5 Å². The minimum Gasteiger partial charge on any atom is -0.338 e. The van der Waals surface area contributed by atoms with E-state index in [0.717, 1.165) is 9.90 Å². The second-order valence-corrected chi connectivity index (χ2v) is 5.39. The highest BCUT2D eigenvalue weighted by Gasteiger charge is 2.09. The summed E-state index contributed by atoms with van der Waals surface area (Å²) in [5.41, 5.74) is 0. The van der Waals surface area contributed by atoms with Gasteiger partial charge in [0.25, 0.3) is 0 Å². The van der Waals surface area contributed by atoms with Gasteiger partial charge >= 0.3 is 0 Å². The number of rotatable bonds is 4. The molecule has 0 amide bonds. The van der Waals surface area contributed by atoms with E-state index in [1.165, 1.54) is 0 Å². The standard InChI is InChI=1S/C12H9N3OS2/c1-2-6-13-11(5-1)18-8-10-14-12(15-16-10)9-4-3-7-17-9/h1-7H,8H2. The Morgan fingerprint density at radius 2 is 2.22 bits per heavy atom. The van der Waals surface area contributed by atoms with Crippen molar-refractivity contribution < 1.29 is 4.52 Å². The van der Waals surface area contributed by atoms with Gasteiger partial charge in [0, 0.05) is 6.20 Å². The number of hydrogen-bond donors (Lipinski definition) is 0. The Kier molecular flexibility index (Phi) is 3.38. The molecule has 3 aromatic rings. The lowest BCUT2D eigenvalue weighted by molar-refractivity contribution is 0.392. The molecule has 0 spiro atoms. The van der Waals surface area contributed by atoms with Crippen molar-refractivity contribution in [3.8, 4) is 10.7 Å². The third-order valence-electron chi connectivity index (χ3n) is 2.19. The number of pyridine rings is 1. The van der Waals surface area contributed by atoms with Crippen molar-refractivity contribution in [1.82, 2.24) is 15.1 Å². The van der Waals surface area contributed by atoms with Crippen molar-refractivity contribution >= 4 is 23.1 Å². The zero-order chi connectivity index (χ0) is 12.2. The summed E-state index contributed by atoms with van der Waals surface area (Å²) in [5, 5.41) is 6.91. The lowest BCUT2D eigenvalue weighted by atomic mass is 10.4. The van der Waals surface area contributed by atoms with Crippen LogP contribution < -0.4 is 0 Å². The van der Waals surface area contributed by atoms with Crippen LogP contribution in [-0.4, -0.2) is 15.1 Å². The van der Waals surface area contributed by atoms with E-state index in [1.54, 1.807) is 29.3 Å². The van der Waals surface area contributed by atoms with E-state index in [-0.39, 0.29) is 0 Å². The first-order valence-corrected chi connectivity index (χ1v) is 7.18. The molecule has 4 nitrogen and oxygen atoms in total. The van der Waals surface area contributed by atoms with Crippen molar-refractivity contribution in [2.45, 2.75) is 10.8 Å². The molecule has 0 unspecified atom stereocenters. The summed E-state index contributed by atoms with van der Waals surface area (Å²) in [4.78, 5) is 9.60. The van der Waals surface area contributed by atoms with E-state index in [2.05, 4.69) is 15.1 Å². The molecule has 90 valence electrons. The summed E-state index contributed by atoms with van der Waals surface area (Å²) in [6, 6.07) is 9.76. The molecule has 18 heavy (non-hydrogen) atoms. The van der Waals surface area contributed by atoms with Gasteiger partial charge in [-0.2, -0.15) is 4.98 Å². The molecule has 0 atom stereocenters. The molecule has 0 saturated carbocycles. The Bertz CT molecular complexity index is 607. The van der Waals surface area contributed by atoms with Gasteiger partial charge in [0.05, 0.1) is 15.7 Å². The monoisotopic (exact) mass is 275 g/mol. The van der Waals surface area contributed by atoms with E-state index in [1.807, 2.05) is 35.7 Å². The molecule has 0 aromatic carbocycles. The van der Waals surface area contributed by atoms with Gasteiger partial charge < -0.3 is 4.52 Å². The van der Waals surface area contributed by atoms with Crippen molar-refractivity contribution in [3.63, 3.8) is 0 Å². The molecule has 0 fully saturated rings. The Morgan fingerprint density at radius 1 is 1.22 bits per heavy atom. The molecule has 0 aliphatic heterocycles. The minimum atomic E-state index is 0.619. The fourth-order valence-corrected chi connectivity index (χ4v) is 2.74. The highest BCUT2D eigenvalue weighted by Crippen LogP contribution is 2.24. The van der Waals surface area contributed by atoms with E-state index < -0.39 is 0 Å². The Morgan fingerprint density at radius 3 is 3.00 bits per heavy atom. The molecule has 3 aromatic heterocycles. The Labute approximate surface area is 112 Å². The molecule has 0 saturated heterocycles. The molecular formula is C12H9N3OS2. The predicted octanol–water partition coefficient (Wildman–Crippen LogP) is 3.49. The quantitative estimate of drug-likeness (QED) is 0.682. The van der Waals surface area contributed by atoms with Crippen LogP contribution in [0.25, 0.3) is 10.7 Å². The van der Waals surface area contributed by atoms with Gasteiger partial charge in [-0.3, -0.25) is 0 Å². The molecule has 0 aliphatic carbocycles. The third-order valence-corrected chi connectivity index (χ3v) is 3.99. The van der Waals surface area contributed by atoms with Gasteiger partial charge in [0.15, 0.2) is 0 Å². The number of aromatic nitrogens is 3. The molecular weight excluding hydrogens is 266 g/mol. The molecule has 6 heteroatoms. The van der Waals surface area contributed by atoms with Gasteiger partial charge in [0.1, 0.15) is 0 Å². The van der Waals surface area contributed by atoms with E-state index in [9.17, 15) is 0 Å². The largest absolute Gasteiger partial charge is 0.338 e. The van der Waals surface area contributed by atoms with Crippen molar-refractivity contribution in [2.24, 2.45) is 0 Å². The Hall–Kier alpha value is -1.66. The Balaban J connectivity index is 1.68. The van der Waals surface area contributed by atoms with Crippen LogP contribution in [0, 0.1) is 0 Å². The van der Waals surface area contributed by atoms with Crippen LogP contribution in [0.15, 0.2) is 51.5 Å². The molecule has 3 rings (SSSR count). The second kappa shape index (κ2) is 5.32. The van der Waals surface area contributed by atoms with Crippen LogP contribution in [0.3, 0.4) is 0 Å². The zero-order valence-electron chi connectivity index (χ0n) is 9.31. The first-order chi connectivity index (χ1) is 8.92. The SMILES string of the molecule is c1ccc(SCc2nc(-c3cccs3)no2)nc1. The van der Waals surface area contributed by atoms with Crippen LogP contribution >= 0.6 is 23.1 Å². The maximum absolute atomic E-state index is 5.21. The summed E-state index contributed by atoms with van der Waals surface area (Å²) in [6.07, 6.45) is 1.77. The number of nitrogens with zero attached hydrogens (tertiary/aromatic N) is 3. The maximum Gasteiger partial charge on any atom is 0.237 e. The van der Waals surface area contributed by atoms with Crippen LogP contribution in [0.2, 0.25) is 0 Å². The highest BCUT2D eigenvalue weighted by atomic mass is 32.2. The smallest absolute Gasteiger partial charge is 0.237 e. The molecule has 0 N–H and O–H groups in total. The summed E-state index contributed by atoms with van der Waals surface area (Å²) in [5.74, 6) is 1.91. The number of thiophene rings is 1. The fraction of sp³-hybridized carbons (Fsp3) is 0.0833. The van der Waals surface area contributed by atoms with Gasteiger partial charge in [-0.1, -0.05) is 29.1 Å².